The van der Waals surface area contributed by atoms with Gasteiger partial charge in [0.15, 0.2) is 0 Å². The van der Waals surface area contributed by atoms with Gasteiger partial charge in [-0.15, -0.1) is 0 Å². The Kier molecular flexibility index (Phi) is 4.11. The lowest BCUT2D eigenvalue weighted by Gasteiger charge is -2.27. The van der Waals surface area contributed by atoms with Gasteiger partial charge < -0.3 is 5.11 Å². The van der Waals surface area contributed by atoms with Crippen LogP contribution in [0.5, 0.6) is 0 Å². The topological polar surface area (TPSA) is 74.7 Å². The summed E-state index contributed by atoms with van der Waals surface area (Å²) in [6.45, 7) is 1.64. The fourth-order valence-corrected chi connectivity index (χ4v) is 2.82. The summed E-state index contributed by atoms with van der Waals surface area (Å²) in [5.74, 6) is -1.15. The maximum Gasteiger partial charge on any atom is 0.327 e. The van der Waals surface area contributed by atoms with E-state index in [0.717, 1.165) is 10.6 Å². The van der Waals surface area contributed by atoms with Crippen molar-refractivity contribution in [2.24, 2.45) is 0 Å². The molecule has 0 spiro atoms. The van der Waals surface area contributed by atoms with E-state index in [1.807, 2.05) is 0 Å². The zero-order chi connectivity index (χ0) is 13.1. The molecule has 1 rings (SSSR count). The second-order valence-electron chi connectivity index (χ2n) is 3.66. The molecule has 0 aliphatic heterocycles. The van der Waals surface area contributed by atoms with E-state index in [2.05, 4.69) is 0 Å². The van der Waals surface area contributed by atoms with E-state index in [1.54, 1.807) is 37.3 Å². The first-order valence-corrected chi connectivity index (χ1v) is 7.00. The molecule has 5 nitrogen and oxygen atoms in total. The Hall–Kier alpha value is -1.56. The minimum absolute atomic E-state index is 0.206. The number of nitrogens with zero attached hydrogens (tertiary/aromatic N) is 1. The van der Waals surface area contributed by atoms with E-state index in [4.69, 9.17) is 5.11 Å². The van der Waals surface area contributed by atoms with Gasteiger partial charge in [-0.25, -0.2) is 13.2 Å². The molecule has 1 unspecified atom stereocenters. The lowest BCUT2D eigenvalue weighted by molar-refractivity contribution is -0.138. The molecule has 1 aromatic rings. The van der Waals surface area contributed by atoms with Crippen LogP contribution in [-0.4, -0.2) is 31.8 Å². The molecule has 0 aliphatic carbocycles. The summed E-state index contributed by atoms with van der Waals surface area (Å²) >= 11 is 0. The number of carbonyl (C=O) groups is 1. The van der Waals surface area contributed by atoms with Crippen LogP contribution < -0.4 is 4.31 Å². The number of hydrogen-bond acceptors (Lipinski definition) is 3. The second kappa shape index (κ2) is 5.18. The van der Waals surface area contributed by atoms with Gasteiger partial charge in [-0.3, -0.25) is 4.31 Å². The van der Waals surface area contributed by atoms with Crippen LogP contribution in [-0.2, 0) is 14.8 Å². The van der Waals surface area contributed by atoms with E-state index < -0.39 is 22.0 Å². The summed E-state index contributed by atoms with van der Waals surface area (Å²) in [6.07, 6.45) is 1.21. The monoisotopic (exact) mass is 257 g/mol. The highest BCUT2D eigenvalue weighted by molar-refractivity contribution is 7.92. The molecule has 1 atom stereocenters. The van der Waals surface area contributed by atoms with Crippen LogP contribution in [0.1, 0.15) is 13.3 Å². The van der Waals surface area contributed by atoms with Gasteiger partial charge in [-0.2, -0.15) is 0 Å². The van der Waals surface area contributed by atoms with Crippen LogP contribution in [0.25, 0.3) is 0 Å². The molecule has 0 bridgehead atoms. The summed E-state index contributed by atoms with van der Waals surface area (Å²) in [5, 5.41) is 9.06. The minimum atomic E-state index is -3.62. The Balaban J connectivity index is 3.28. The van der Waals surface area contributed by atoms with Crippen molar-refractivity contribution in [1.82, 2.24) is 0 Å². The molecule has 6 heteroatoms. The number of aliphatic carboxylic acids is 1. The van der Waals surface area contributed by atoms with Crippen molar-refractivity contribution in [1.29, 1.82) is 0 Å². The predicted molar refractivity (Wildman–Crippen MR) is 65.5 cm³/mol. The van der Waals surface area contributed by atoms with Gasteiger partial charge in [-0.1, -0.05) is 25.1 Å². The molecule has 1 N–H and O–H groups in total. The molecule has 1 aromatic carbocycles. The van der Waals surface area contributed by atoms with Gasteiger partial charge in [0.1, 0.15) is 6.04 Å². The second-order valence-corrected chi connectivity index (χ2v) is 5.52. The molecule has 94 valence electrons. The Morgan fingerprint density at radius 2 is 1.88 bits per heavy atom. The van der Waals surface area contributed by atoms with E-state index >= 15 is 0 Å². The lowest BCUT2D eigenvalue weighted by atomic mass is 10.2. The third-order valence-electron chi connectivity index (χ3n) is 2.32. The van der Waals surface area contributed by atoms with Crippen LogP contribution in [0.4, 0.5) is 5.69 Å². The normalized spacial score (nSPS) is 13.1. The Labute approximate surface area is 101 Å². The number of sulfonamides is 1. The van der Waals surface area contributed by atoms with Crippen molar-refractivity contribution in [3.63, 3.8) is 0 Å². The zero-order valence-corrected chi connectivity index (χ0v) is 10.5. The van der Waals surface area contributed by atoms with Gasteiger partial charge in [0.2, 0.25) is 10.0 Å². The van der Waals surface area contributed by atoms with E-state index in [-0.39, 0.29) is 6.42 Å². The van der Waals surface area contributed by atoms with Gasteiger partial charge in [-0.05, 0) is 18.6 Å². The first-order valence-electron chi connectivity index (χ1n) is 5.15. The van der Waals surface area contributed by atoms with Crippen LogP contribution in [0.15, 0.2) is 30.3 Å². The van der Waals surface area contributed by atoms with E-state index in [0.29, 0.717) is 5.69 Å². The first-order chi connectivity index (χ1) is 7.88. The third-order valence-corrected chi connectivity index (χ3v) is 3.50. The predicted octanol–water partition coefficient (Wildman–Crippen LogP) is 1.32. The number of hydrogen-bond donors (Lipinski definition) is 1. The van der Waals surface area contributed by atoms with E-state index in [1.165, 1.54) is 0 Å². The molecule has 0 amide bonds. The van der Waals surface area contributed by atoms with E-state index in [9.17, 15) is 13.2 Å². The minimum Gasteiger partial charge on any atom is -0.480 e. The summed E-state index contributed by atoms with van der Waals surface area (Å²) in [5.41, 5.74) is 0.365. The molecule has 0 radical (unpaired) electrons. The number of para-hydroxylation sites is 1. The fourth-order valence-electron chi connectivity index (χ4n) is 1.62. The summed E-state index contributed by atoms with van der Waals surface area (Å²) < 4.78 is 24.3. The molecular formula is C11H15NO4S. The molecule has 0 heterocycles. The maximum atomic E-state index is 11.7. The summed E-state index contributed by atoms with van der Waals surface area (Å²) in [6, 6.07) is 7.15. The zero-order valence-electron chi connectivity index (χ0n) is 9.70. The molecule has 17 heavy (non-hydrogen) atoms. The quantitative estimate of drug-likeness (QED) is 0.863. The Morgan fingerprint density at radius 1 is 1.35 bits per heavy atom. The van der Waals surface area contributed by atoms with Gasteiger partial charge in [0, 0.05) is 0 Å². The van der Waals surface area contributed by atoms with Crippen LogP contribution >= 0.6 is 0 Å². The third kappa shape index (κ3) is 3.20. The number of anilines is 1. The molecule has 0 aliphatic rings. The van der Waals surface area contributed by atoms with Crippen molar-refractivity contribution in [3.8, 4) is 0 Å². The van der Waals surface area contributed by atoms with Crippen molar-refractivity contribution >= 4 is 21.7 Å². The van der Waals surface area contributed by atoms with Gasteiger partial charge in [0.25, 0.3) is 0 Å². The molecular weight excluding hydrogens is 242 g/mol. The highest BCUT2D eigenvalue weighted by Crippen LogP contribution is 2.21. The SMILES string of the molecule is CCC(C(=O)O)N(c1ccccc1)S(C)(=O)=O. The van der Waals surface area contributed by atoms with Crippen molar-refractivity contribution in [2.75, 3.05) is 10.6 Å². The Bertz CT molecular complexity index is 483. The Morgan fingerprint density at radius 3 is 2.24 bits per heavy atom. The van der Waals surface area contributed by atoms with Gasteiger partial charge in [0.05, 0.1) is 11.9 Å². The van der Waals surface area contributed by atoms with Crippen molar-refractivity contribution < 1.29 is 18.3 Å². The first kappa shape index (κ1) is 13.5. The average molecular weight is 257 g/mol. The standard InChI is InChI=1S/C11H15NO4S/c1-3-10(11(13)14)12(17(2,15)16)9-7-5-4-6-8-9/h4-8,10H,3H2,1-2H3,(H,13,14). The largest absolute Gasteiger partial charge is 0.480 e. The van der Waals surface area contributed by atoms with Crippen molar-refractivity contribution in [2.45, 2.75) is 19.4 Å². The van der Waals surface area contributed by atoms with Crippen LogP contribution in [0.3, 0.4) is 0 Å². The average Bonchev–Trinajstić information content (AvgIpc) is 2.24. The highest BCUT2D eigenvalue weighted by Gasteiger charge is 2.30. The highest BCUT2D eigenvalue weighted by atomic mass is 32.2. The molecule has 0 saturated heterocycles. The fraction of sp³-hybridized carbons (Fsp3) is 0.364. The molecule has 0 saturated carbocycles. The summed E-state index contributed by atoms with van der Waals surface area (Å²) in [4.78, 5) is 11.1. The number of carboxylic acids is 1. The van der Waals surface area contributed by atoms with Crippen LogP contribution in [0, 0.1) is 0 Å². The number of rotatable bonds is 5. The summed E-state index contributed by atoms with van der Waals surface area (Å²) in [7, 11) is -3.62. The molecule has 0 aromatic heterocycles. The molecule has 0 fully saturated rings. The smallest absolute Gasteiger partial charge is 0.327 e. The van der Waals surface area contributed by atoms with Crippen LogP contribution in [0.2, 0.25) is 0 Å². The van der Waals surface area contributed by atoms with Gasteiger partial charge >= 0.3 is 5.97 Å². The lowest BCUT2D eigenvalue weighted by Crippen LogP contribution is -2.44. The number of benzene rings is 1. The maximum absolute atomic E-state index is 11.7. The van der Waals surface area contributed by atoms with Crippen molar-refractivity contribution in [3.05, 3.63) is 30.3 Å². The number of carboxylic acid groups (broad SMARTS) is 1.